The van der Waals surface area contributed by atoms with Gasteiger partial charge in [-0.15, -0.1) is 0 Å². The number of ether oxygens (including phenoxy) is 2. The molecule has 31 heavy (non-hydrogen) atoms. The van der Waals surface area contributed by atoms with E-state index < -0.39 is 5.82 Å². The molecule has 3 fully saturated rings. The number of amides is 2. The summed E-state index contributed by atoms with van der Waals surface area (Å²) in [6.45, 7) is 3.76. The highest BCUT2D eigenvalue weighted by atomic mass is 35.5. The molecule has 2 aliphatic carbocycles. The number of rotatable bonds is 7. The van der Waals surface area contributed by atoms with Crippen LogP contribution in [-0.4, -0.2) is 55.2 Å². The van der Waals surface area contributed by atoms with Gasteiger partial charge in [0.25, 0.3) is 5.91 Å². The summed E-state index contributed by atoms with van der Waals surface area (Å²) in [5, 5.41) is 3.00. The summed E-state index contributed by atoms with van der Waals surface area (Å²) in [5.41, 5.74) is 0.221. The van der Waals surface area contributed by atoms with E-state index in [1.807, 2.05) is 4.90 Å². The molecule has 1 aromatic carbocycles. The molecule has 1 aromatic rings. The van der Waals surface area contributed by atoms with E-state index in [2.05, 4.69) is 12.2 Å². The van der Waals surface area contributed by atoms with E-state index in [4.69, 9.17) is 21.1 Å². The van der Waals surface area contributed by atoms with Gasteiger partial charge in [0.05, 0.1) is 11.1 Å². The van der Waals surface area contributed by atoms with Gasteiger partial charge in [-0.3, -0.25) is 9.59 Å². The Morgan fingerprint density at radius 1 is 1.23 bits per heavy atom. The van der Waals surface area contributed by atoms with E-state index in [0.717, 1.165) is 51.6 Å². The second-order valence-electron chi connectivity index (χ2n) is 9.43. The SMILES string of the molecule is CC1CC(OCC(=O)N2CCC3(CC2)CC(NC(=O)COc2ccc(Cl)c(F)c2)C3)C1. The van der Waals surface area contributed by atoms with Crippen molar-refractivity contribution in [3.8, 4) is 5.75 Å². The Kier molecular flexibility index (Phi) is 6.72. The van der Waals surface area contributed by atoms with Crippen LogP contribution < -0.4 is 10.1 Å². The Bertz CT molecular complexity index is 814. The zero-order chi connectivity index (χ0) is 22.0. The molecule has 0 atom stereocenters. The van der Waals surface area contributed by atoms with Crippen molar-refractivity contribution in [2.24, 2.45) is 11.3 Å². The quantitative estimate of drug-likeness (QED) is 0.686. The molecule has 0 unspecified atom stereocenters. The van der Waals surface area contributed by atoms with Crippen LogP contribution in [0.5, 0.6) is 5.75 Å². The number of benzene rings is 1. The smallest absolute Gasteiger partial charge is 0.258 e. The fourth-order valence-corrected chi connectivity index (χ4v) is 5.07. The van der Waals surface area contributed by atoms with Crippen LogP contribution in [0.4, 0.5) is 4.39 Å². The van der Waals surface area contributed by atoms with Gasteiger partial charge < -0.3 is 19.7 Å². The van der Waals surface area contributed by atoms with E-state index in [-0.39, 0.29) is 53.4 Å². The number of carbonyl (C=O) groups excluding carboxylic acids is 2. The maximum Gasteiger partial charge on any atom is 0.258 e. The summed E-state index contributed by atoms with van der Waals surface area (Å²) in [4.78, 5) is 26.4. The minimum absolute atomic E-state index is 0.0184. The third-order valence-corrected chi connectivity index (χ3v) is 7.24. The number of halogens is 2. The standard InChI is InChI=1S/C23H30ClFN2O4/c1-15-8-18(9-15)31-14-22(29)27-6-4-23(5-7-27)11-16(12-23)26-21(28)13-30-17-2-3-19(24)20(25)10-17/h2-3,10,15-16,18H,4-9,11-14H2,1H3,(H,26,28). The Morgan fingerprint density at radius 2 is 1.94 bits per heavy atom. The Balaban J connectivity index is 1.12. The van der Waals surface area contributed by atoms with Crippen molar-refractivity contribution in [1.82, 2.24) is 10.2 Å². The molecule has 170 valence electrons. The van der Waals surface area contributed by atoms with Crippen LogP contribution in [0.2, 0.25) is 5.02 Å². The number of hydrogen-bond acceptors (Lipinski definition) is 4. The molecular weight excluding hydrogens is 423 g/mol. The summed E-state index contributed by atoms with van der Waals surface area (Å²) in [6, 6.07) is 4.23. The minimum Gasteiger partial charge on any atom is -0.484 e. The Hall–Kier alpha value is -1.86. The summed E-state index contributed by atoms with van der Waals surface area (Å²) in [6.07, 6.45) is 6.16. The van der Waals surface area contributed by atoms with Crippen molar-refractivity contribution in [1.29, 1.82) is 0 Å². The maximum atomic E-state index is 13.4. The zero-order valence-corrected chi connectivity index (χ0v) is 18.6. The molecule has 3 aliphatic rings. The van der Waals surface area contributed by atoms with Gasteiger partial charge in [-0.25, -0.2) is 4.39 Å². The average Bonchev–Trinajstić information content (AvgIpc) is 2.70. The van der Waals surface area contributed by atoms with Crippen LogP contribution in [0, 0.1) is 17.2 Å². The van der Waals surface area contributed by atoms with Gasteiger partial charge in [0, 0.05) is 25.2 Å². The molecule has 1 N–H and O–H groups in total. The van der Waals surface area contributed by atoms with Crippen LogP contribution in [0.25, 0.3) is 0 Å². The number of carbonyl (C=O) groups is 2. The van der Waals surface area contributed by atoms with Crippen molar-refractivity contribution in [3.63, 3.8) is 0 Å². The summed E-state index contributed by atoms with van der Waals surface area (Å²) >= 11 is 5.64. The van der Waals surface area contributed by atoms with Gasteiger partial charge in [-0.1, -0.05) is 18.5 Å². The Labute approximate surface area is 187 Å². The normalized spacial score (nSPS) is 24.9. The van der Waals surface area contributed by atoms with Crippen molar-refractivity contribution in [2.75, 3.05) is 26.3 Å². The number of nitrogens with zero attached hydrogens (tertiary/aromatic N) is 1. The van der Waals surface area contributed by atoms with Crippen LogP contribution in [-0.2, 0) is 14.3 Å². The first-order valence-electron chi connectivity index (χ1n) is 11.1. The number of hydrogen-bond donors (Lipinski definition) is 1. The van der Waals surface area contributed by atoms with E-state index in [0.29, 0.717) is 5.92 Å². The number of likely N-dealkylation sites (tertiary alicyclic amines) is 1. The van der Waals surface area contributed by atoms with Crippen molar-refractivity contribution >= 4 is 23.4 Å². The van der Waals surface area contributed by atoms with Crippen LogP contribution in [0.1, 0.15) is 45.4 Å². The van der Waals surface area contributed by atoms with Crippen molar-refractivity contribution < 1.29 is 23.5 Å². The van der Waals surface area contributed by atoms with E-state index in [9.17, 15) is 14.0 Å². The summed E-state index contributed by atoms with van der Waals surface area (Å²) in [5.74, 6) is 0.290. The van der Waals surface area contributed by atoms with Gasteiger partial charge in [0.2, 0.25) is 5.91 Å². The average molecular weight is 453 g/mol. The highest BCUT2D eigenvalue weighted by Gasteiger charge is 2.46. The minimum atomic E-state index is -0.575. The summed E-state index contributed by atoms with van der Waals surface area (Å²) < 4.78 is 24.5. The third kappa shape index (κ3) is 5.50. The first-order chi connectivity index (χ1) is 14.8. The lowest BCUT2D eigenvalue weighted by Gasteiger charge is -2.52. The van der Waals surface area contributed by atoms with Crippen molar-refractivity contribution in [3.05, 3.63) is 29.0 Å². The largest absolute Gasteiger partial charge is 0.484 e. The topological polar surface area (TPSA) is 67.9 Å². The van der Waals surface area contributed by atoms with Crippen LogP contribution >= 0.6 is 11.6 Å². The number of piperidine rings is 1. The molecule has 4 rings (SSSR count). The molecule has 6 nitrogen and oxygen atoms in total. The van der Waals surface area contributed by atoms with Gasteiger partial charge in [0.15, 0.2) is 6.61 Å². The monoisotopic (exact) mass is 452 g/mol. The molecule has 0 bridgehead atoms. The zero-order valence-electron chi connectivity index (χ0n) is 17.9. The second kappa shape index (κ2) is 9.33. The van der Waals surface area contributed by atoms with Crippen LogP contribution in [0.15, 0.2) is 18.2 Å². The van der Waals surface area contributed by atoms with Crippen molar-refractivity contribution in [2.45, 2.75) is 57.6 Å². The maximum absolute atomic E-state index is 13.4. The molecule has 8 heteroatoms. The highest BCUT2D eigenvalue weighted by molar-refractivity contribution is 6.30. The molecule has 1 saturated heterocycles. The van der Waals surface area contributed by atoms with E-state index in [1.54, 1.807) is 0 Å². The first-order valence-corrected chi connectivity index (χ1v) is 11.5. The third-order valence-electron chi connectivity index (χ3n) is 6.93. The summed E-state index contributed by atoms with van der Waals surface area (Å²) in [7, 11) is 0. The molecule has 1 spiro atoms. The first kappa shape index (κ1) is 22.3. The van der Waals surface area contributed by atoms with Gasteiger partial charge in [0.1, 0.15) is 18.2 Å². The Morgan fingerprint density at radius 3 is 2.58 bits per heavy atom. The second-order valence-corrected chi connectivity index (χ2v) is 9.83. The predicted octanol–water partition coefficient (Wildman–Crippen LogP) is 3.56. The number of nitrogens with one attached hydrogen (secondary N) is 1. The molecule has 2 amide bonds. The molecule has 1 aliphatic heterocycles. The lowest BCUT2D eigenvalue weighted by molar-refractivity contribution is -0.145. The van der Waals surface area contributed by atoms with Crippen LogP contribution in [0.3, 0.4) is 0 Å². The van der Waals surface area contributed by atoms with Gasteiger partial charge >= 0.3 is 0 Å². The van der Waals surface area contributed by atoms with E-state index >= 15 is 0 Å². The lowest BCUT2D eigenvalue weighted by atomic mass is 9.60. The van der Waals surface area contributed by atoms with Gasteiger partial charge in [-0.05, 0) is 62.0 Å². The predicted molar refractivity (Wildman–Crippen MR) is 114 cm³/mol. The fourth-order valence-electron chi connectivity index (χ4n) is 4.96. The highest BCUT2D eigenvalue weighted by Crippen LogP contribution is 2.49. The van der Waals surface area contributed by atoms with E-state index in [1.165, 1.54) is 18.2 Å². The van der Waals surface area contributed by atoms with Gasteiger partial charge in [-0.2, -0.15) is 0 Å². The fraction of sp³-hybridized carbons (Fsp3) is 0.652. The molecule has 0 aromatic heterocycles. The molecule has 0 radical (unpaired) electrons. The lowest BCUT2D eigenvalue weighted by Crippen LogP contribution is -2.56. The molecule has 1 heterocycles. The molecule has 2 saturated carbocycles. The molecular formula is C23H30ClFN2O4.